The van der Waals surface area contributed by atoms with Crippen molar-refractivity contribution in [2.24, 2.45) is 5.92 Å². The highest BCUT2D eigenvalue weighted by atomic mass is 35.5. The molecule has 0 radical (unpaired) electrons. The second-order valence-corrected chi connectivity index (χ2v) is 8.12. The average molecular weight is 385 g/mol. The number of piperidine rings is 1. The van der Waals surface area contributed by atoms with Gasteiger partial charge >= 0.3 is 6.03 Å². The Bertz CT molecular complexity index is 567. The summed E-state index contributed by atoms with van der Waals surface area (Å²) in [5.41, 5.74) is -0.725. The van der Waals surface area contributed by atoms with Crippen LogP contribution in [0.1, 0.15) is 51.4 Å². The van der Waals surface area contributed by atoms with Gasteiger partial charge in [0.2, 0.25) is 5.91 Å². The molecule has 4 aliphatic rings. The summed E-state index contributed by atoms with van der Waals surface area (Å²) in [5.74, 6) is 0.547. The van der Waals surface area contributed by atoms with E-state index in [1.807, 2.05) is 0 Å². The zero-order valence-corrected chi connectivity index (χ0v) is 16.0. The van der Waals surface area contributed by atoms with Gasteiger partial charge in [-0.25, -0.2) is 4.79 Å². The lowest BCUT2D eigenvalue weighted by atomic mass is 9.98. The summed E-state index contributed by atoms with van der Waals surface area (Å²) < 4.78 is 0. The van der Waals surface area contributed by atoms with Crippen LogP contribution in [0, 0.1) is 5.92 Å². The number of nitrogens with zero attached hydrogens (tertiary/aromatic N) is 2. The zero-order valence-electron chi connectivity index (χ0n) is 15.2. The molecule has 2 aliphatic heterocycles. The first-order valence-electron chi connectivity index (χ1n) is 9.73. The fourth-order valence-electron chi connectivity index (χ4n) is 4.36. The predicted molar refractivity (Wildman–Crippen MR) is 99.0 cm³/mol. The van der Waals surface area contributed by atoms with Gasteiger partial charge < -0.3 is 15.5 Å². The molecular formula is C18H29ClN4O3. The van der Waals surface area contributed by atoms with Crippen molar-refractivity contribution in [3.8, 4) is 0 Å². The monoisotopic (exact) mass is 384 g/mol. The van der Waals surface area contributed by atoms with Crippen molar-refractivity contribution in [1.82, 2.24) is 20.4 Å². The smallest absolute Gasteiger partial charge is 0.325 e. The van der Waals surface area contributed by atoms with Gasteiger partial charge in [0.1, 0.15) is 12.1 Å². The standard InChI is InChI=1S/C18H28N4O3.ClH/c23-15(21-9-5-14(6-10-21)19-11-13-3-4-13)12-22-16(24)18(20-17(22)25)7-1-2-8-18;/h13-14,19H,1-12H2,(H,20,25);1H. The minimum Gasteiger partial charge on any atom is -0.341 e. The third kappa shape index (κ3) is 3.83. The van der Waals surface area contributed by atoms with Gasteiger partial charge in [-0.2, -0.15) is 0 Å². The van der Waals surface area contributed by atoms with Gasteiger partial charge in [0.05, 0.1) is 0 Å². The van der Waals surface area contributed by atoms with Crippen LogP contribution in [0.15, 0.2) is 0 Å². The van der Waals surface area contributed by atoms with Crippen LogP contribution in [-0.2, 0) is 9.59 Å². The zero-order chi connectivity index (χ0) is 17.4. The molecule has 0 atom stereocenters. The van der Waals surface area contributed by atoms with E-state index in [1.165, 1.54) is 12.8 Å². The van der Waals surface area contributed by atoms with E-state index in [2.05, 4.69) is 10.6 Å². The van der Waals surface area contributed by atoms with Crippen LogP contribution in [0.4, 0.5) is 4.79 Å². The first-order chi connectivity index (χ1) is 12.1. The summed E-state index contributed by atoms with van der Waals surface area (Å²) in [7, 11) is 0. The van der Waals surface area contributed by atoms with E-state index >= 15 is 0 Å². The van der Waals surface area contributed by atoms with Crippen LogP contribution in [0.5, 0.6) is 0 Å². The number of carbonyl (C=O) groups excluding carboxylic acids is 3. The number of amides is 4. The Balaban J connectivity index is 0.00000196. The molecule has 4 amide bonds. The number of carbonyl (C=O) groups is 3. The molecule has 0 unspecified atom stereocenters. The number of hydrogen-bond acceptors (Lipinski definition) is 4. The van der Waals surface area contributed by atoms with Gasteiger partial charge in [-0.1, -0.05) is 12.8 Å². The molecule has 2 N–H and O–H groups in total. The van der Waals surface area contributed by atoms with Crippen LogP contribution in [-0.4, -0.2) is 65.4 Å². The second kappa shape index (κ2) is 7.72. The van der Waals surface area contributed by atoms with Crippen LogP contribution < -0.4 is 10.6 Å². The lowest BCUT2D eigenvalue weighted by molar-refractivity contribution is -0.139. The van der Waals surface area contributed by atoms with Crippen molar-refractivity contribution in [3.05, 3.63) is 0 Å². The summed E-state index contributed by atoms with van der Waals surface area (Å²) in [4.78, 5) is 40.3. The van der Waals surface area contributed by atoms with E-state index in [0.29, 0.717) is 32.0 Å². The van der Waals surface area contributed by atoms with E-state index in [-0.39, 0.29) is 30.8 Å². The molecule has 0 aromatic heterocycles. The molecule has 7 nitrogen and oxygen atoms in total. The highest BCUT2D eigenvalue weighted by molar-refractivity contribution is 6.09. The van der Waals surface area contributed by atoms with Crippen molar-refractivity contribution in [1.29, 1.82) is 0 Å². The van der Waals surface area contributed by atoms with Crippen molar-refractivity contribution in [2.75, 3.05) is 26.2 Å². The predicted octanol–water partition coefficient (Wildman–Crippen LogP) is 1.26. The Kier molecular flexibility index (Phi) is 5.77. The number of urea groups is 1. The molecule has 2 saturated carbocycles. The second-order valence-electron chi connectivity index (χ2n) is 8.12. The maximum Gasteiger partial charge on any atom is 0.325 e. The van der Waals surface area contributed by atoms with Crippen LogP contribution in [0.2, 0.25) is 0 Å². The minimum absolute atomic E-state index is 0. The number of nitrogens with one attached hydrogen (secondary N) is 2. The van der Waals surface area contributed by atoms with Gasteiger partial charge in [-0.15, -0.1) is 12.4 Å². The van der Waals surface area contributed by atoms with Gasteiger partial charge in [-0.05, 0) is 51.0 Å². The SMILES string of the molecule is Cl.O=C(CN1C(=O)NC2(CCCC2)C1=O)N1CCC(NCC2CC2)CC1. The number of hydrogen-bond donors (Lipinski definition) is 2. The van der Waals surface area contributed by atoms with E-state index < -0.39 is 11.6 Å². The number of likely N-dealkylation sites (tertiary alicyclic amines) is 1. The van der Waals surface area contributed by atoms with Crippen molar-refractivity contribution in [3.63, 3.8) is 0 Å². The summed E-state index contributed by atoms with van der Waals surface area (Å²) in [5, 5.41) is 6.43. The molecule has 2 heterocycles. The number of rotatable bonds is 5. The summed E-state index contributed by atoms with van der Waals surface area (Å²) in [6.45, 7) is 2.39. The average Bonchev–Trinajstić information content (AvgIpc) is 3.29. The normalized spacial score (nSPS) is 25.5. The van der Waals surface area contributed by atoms with E-state index in [0.717, 1.165) is 43.0 Å². The lowest BCUT2D eigenvalue weighted by Gasteiger charge is -2.33. The molecule has 1 spiro atoms. The van der Waals surface area contributed by atoms with Gasteiger partial charge in [0.15, 0.2) is 0 Å². The van der Waals surface area contributed by atoms with Crippen molar-refractivity contribution < 1.29 is 14.4 Å². The highest BCUT2D eigenvalue weighted by Gasteiger charge is 2.52. The first-order valence-corrected chi connectivity index (χ1v) is 9.73. The van der Waals surface area contributed by atoms with E-state index in [9.17, 15) is 14.4 Å². The maximum absolute atomic E-state index is 12.6. The highest BCUT2D eigenvalue weighted by Crippen LogP contribution is 2.35. The summed E-state index contributed by atoms with van der Waals surface area (Å²) in [6.07, 6.45) is 7.88. The van der Waals surface area contributed by atoms with Gasteiger partial charge in [0.25, 0.3) is 5.91 Å². The molecule has 0 aromatic rings. The molecule has 2 aliphatic carbocycles. The third-order valence-electron chi connectivity index (χ3n) is 6.24. The molecular weight excluding hydrogens is 356 g/mol. The van der Waals surface area contributed by atoms with Crippen molar-refractivity contribution in [2.45, 2.75) is 62.9 Å². The van der Waals surface area contributed by atoms with E-state index in [4.69, 9.17) is 0 Å². The first kappa shape index (κ1) is 19.4. The third-order valence-corrected chi connectivity index (χ3v) is 6.24. The molecule has 146 valence electrons. The molecule has 4 rings (SSSR count). The Morgan fingerprint density at radius 2 is 1.77 bits per heavy atom. The molecule has 2 saturated heterocycles. The van der Waals surface area contributed by atoms with Crippen LogP contribution >= 0.6 is 12.4 Å². The number of halogens is 1. The quantitative estimate of drug-likeness (QED) is 0.699. The Morgan fingerprint density at radius 3 is 2.38 bits per heavy atom. The molecule has 0 bridgehead atoms. The molecule has 4 fully saturated rings. The lowest BCUT2D eigenvalue weighted by Crippen LogP contribution is -2.49. The van der Waals surface area contributed by atoms with Crippen LogP contribution in [0.25, 0.3) is 0 Å². The fourth-order valence-corrected chi connectivity index (χ4v) is 4.36. The fraction of sp³-hybridized carbons (Fsp3) is 0.833. The van der Waals surface area contributed by atoms with Crippen molar-refractivity contribution >= 4 is 30.3 Å². The summed E-state index contributed by atoms with van der Waals surface area (Å²) >= 11 is 0. The minimum atomic E-state index is -0.725. The molecule has 26 heavy (non-hydrogen) atoms. The maximum atomic E-state index is 12.6. The van der Waals surface area contributed by atoms with Crippen LogP contribution in [0.3, 0.4) is 0 Å². The largest absolute Gasteiger partial charge is 0.341 e. The van der Waals surface area contributed by atoms with E-state index in [1.54, 1.807) is 4.90 Å². The number of imide groups is 1. The van der Waals surface area contributed by atoms with Gasteiger partial charge in [-0.3, -0.25) is 14.5 Å². The molecule has 0 aromatic carbocycles. The Hall–Kier alpha value is -1.34. The van der Waals surface area contributed by atoms with Gasteiger partial charge in [0, 0.05) is 19.1 Å². The molecule has 8 heteroatoms. The Labute approximate surface area is 160 Å². The Morgan fingerprint density at radius 1 is 1.12 bits per heavy atom. The summed E-state index contributed by atoms with van der Waals surface area (Å²) in [6, 6.07) is 0.0874. The topological polar surface area (TPSA) is 81.8 Å².